The number of rotatable bonds is 2. The summed E-state index contributed by atoms with van der Waals surface area (Å²) in [6, 6.07) is 19.7. The Morgan fingerprint density at radius 1 is 1.06 bits per heavy atom. The van der Waals surface area contributed by atoms with Crippen molar-refractivity contribution < 1.29 is 5.11 Å². The van der Waals surface area contributed by atoms with Gasteiger partial charge < -0.3 is 5.11 Å². The highest BCUT2D eigenvalue weighted by molar-refractivity contribution is 7.07. The maximum absolute atomic E-state index is 13.8. The minimum absolute atomic E-state index is 0.106. The highest BCUT2D eigenvalue weighted by Crippen LogP contribution is 2.41. The normalized spacial score (nSPS) is 17.0. The van der Waals surface area contributed by atoms with Crippen molar-refractivity contribution in [3.05, 3.63) is 124 Å². The van der Waals surface area contributed by atoms with Crippen molar-refractivity contribution in [2.24, 2.45) is 4.99 Å². The number of hydrogen-bond acceptors (Lipinski definition) is 4. The first kappa shape index (κ1) is 22.4. The molecule has 0 saturated carbocycles. The molecule has 1 unspecified atom stereocenters. The second-order valence-electron chi connectivity index (χ2n) is 8.86. The molecular weight excluding hydrogens is 499 g/mol. The number of halogens is 2. The first-order chi connectivity index (χ1) is 16.9. The molecule has 1 N–H and O–H groups in total. The van der Waals surface area contributed by atoms with E-state index in [4.69, 9.17) is 28.2 Å². The minimum Gasteiger partial charge on any atom is -0.505 e. The molecule has 0 fully saturated rings. The van der Waals surface area contributed by atoms with Crippen molar-refractivity contribution in [1.82, 2.24) is 4.57 Å². The first-order valence-corrected chi connectivity index (χ1v) is 12.9. The van der Waals surface area contributed by atoms with Crippen LogP contribution in [0.2, 0.25) is 10.0 Å². The van der Waals surface area contributed by atoms with Crippen LogP contribution in [0.3, 0.4) is 0 Å². The van der Waals surface area contributed by atoms with E-state index in [1.165, 1.54) is 28.0 Å². The number of aromatic hydroxyl groups is 1. The third-order valence-corrected chi connectivity index (χ3v) is 8.16. The molecule has 2 heterocycles. The third kappa shape index (κ3) is 3.75. The van der Waals surface area contributed by atoms with Gasteiger partial charge in [0.05, 0.1) is 26.3 Å². The Bertz CT molecular complexity index is 1690. The van der Waals surface area contributed by atoms with Crippen LogP contribution in [0, 0.1) is 6.92 Å². The van der Waals surface area contributed by atoms with Crippen molar-refractivity contribution in [3.8, 4) is 5.75 Å². The summed E-state index contributed by atoms with van der Waals surface area (Å²) in [6.45, 7) is 2.06. The number of aryl methyl sites for hydroxylation is 2. The average Bonchev–Trinajstić information content (AvgIpc) is 3.16. The number of aromatic nitrogens is 1. The highest BCUT2D eigenvalue weighted by atomic mass is 35.5. The minimum atomic E-state index is -0.218. The van der Waals surface area contributed by atoms with E-state index in [1.54, 1.807) is 18.2 Å². The lowest BCUT2D eigenvalue weighted by atomic mass is 9.83. The molecule has 2 aliphatic rings. The number of thiazole rings is 1. The molecule has 1 aliphatic carbocycles. The van der Waals surface area contributed by atoms with Crippen LogP contribution in [0.15, 0.2) is 76.0 Å². The van der Waals surface area contributed by atoms with Gasteiger partial charge in [0.1, 0.15) is 0 Å². The van der Waals surface area contributed by atoms with E-state index < -0.39 is 0 Å². The third-order valence-electron chi connectivity index (χ3n) is 6.60. The summed E-state index contributed by atoms with van der Waals surface area (Å²) >= 11 is 13.6. The number of nitrogens with zero attached hydrogens (tertiary/aromatic N) is 2. The zero-order valence-corrected chi connectivity index (χ0v) is 21.1. The summed E-state index contributed by atoms with van der Waals surface area (Å²) in [5.74, 6) is -0.169. The number of allylic oxidation sites excluding steroid dienone is 1. The molecular formula is C28H20Cl2N2O2S. The van der Waals surface area contributed by atoms with Gasteiger partial charge >= 0.3 is 0 Å². The fourth-order valence-electron chi connectivity index (χ4n) is 4.89. The van der Waals surface area contributed by atoms with Gasteiger partial charge in [-0.25, -0.2) is 4.99 Å². The van der Waals surface area contributed by atoms with Crippen LogP contribution in [0.1, 0.15) is 40.3 Å². The lowest BCUT2D eigenvalue weighted by Gasteiger charge is -2.30. The van der Waals surface area contributed by atoms with Crippen molar-refractivity contribution in [3.63, 3.8) is 0 Å². The lowest BCUT2D eigenvalue weighted by molar-refractivity contribution is 0.476. The van der Waals surface area contributed by atoms with Gasteiger partial charge in [0.15, 0.2) is 10.6 Å². The van der Waals surface area contributed by atoms with E-state index in [1.807, 2.05) is 10.6 Å². The maximum Gasteiger partial charge on any atom is 0.271 e. The summed E-state index contributed by atoms with van der Waals surface area (Å²) in [5, 5.41) is 10.2. The van der Waals surface area contributed by atoms with E-state index >= 15 is 0 Å². The summed E-state index contributed by atoms with van der Waals surface area (Å²) in [7, 11) is 0. The number of phenolic OH excluding ortho intramolecular Hbond substituents is 1. The van der Waals surface area contributed by atoms with Crippen LogP contribution >= 0.6 is 34.5 Å². The Morgan fingerprint density at radius 3 is 2.51 bits per heavy atom. The van der Waals surface area contributed by atoms with E-state index in [2.05, 4.69) is 49.4 Å². The van der Waals surface area contributed by atoms with Crippen LogP contribution < -0.4 is 14.9 Å². The van der Waals surface area contributed by atoms with Crippen molar-refractivity contribution >= 4 is 46.3 Å². The van der Waals surface area contributed by atoms with Crippen LogP contribution in [0.5, 0.6) is 5.75 Å². The molecule has 1 aliphatic heterocycles. The first-order valence-electron chi connectivity index (χ1n) is 11.3. The van der Waals surface area contributed by atoms with Gasteiger partial charge in [-0.2, -0.15) is 0 Å². The molecule has 0 radical (unpaired) electrons. The quantitative estimate of drug-likeness (QED) is 0.373. The van der Waals surface area contributed by atoms with Gasteiger partial charge in [0, 0.05) is 5.56 Å². The zero-order chi connectivity index (χ0) is 24.3. The molecule has 3 aromatic carbocycles. The predicted octanol–water partition coefficient (Wildman–Crippen LogP) is 5.64. The monoisotopic (exact) mass is 518 g/mol. The van der Waals surface area contributed by atoms with Gasteiger partial charge in [-0.3, -0.25) is 9.36 Å². The summed E-state index contributed by atoms with van der Waals surface area (Å²) < 4.78 is 2.35. The number of hydrogen-bond donors (Lipinski definition) is 1. The second-order valence-corrected chi connectivity index (χ2v) is 10.7. The van der Waals surface area contributed by atoms with Crippen molar-refractivity contribution in [2.45, 2.75) is 25.8 Å². The Balaban J connectivity index is 1.62. The molecule has 7 heteroatoms. The van der Waals surface area contributed by atoms with Crippen LogP contribution in [-0.4, -0.2) is 9.67 Å². The molecule has 0 bridgehead atoms. The van der Waals surface area contributed by atoms with Crippen LogP contribution in [0.4, 0.5) is 0 Å². The summed E-state index contributed by atoms with van der Waals surface area (Å²) in [4.78, 5) is 19.5. The number of benzene rings is 3. The maximum atomic E-state index is 13.8. The molecule has 35 heavy (non-hydrogen) atoms. The molecule has 4 nitrogen and oxygen atoms in total. The molecule has 0 amide bonds. The van der Waals surface area contributed by atoms with Crippen LogP contribution in [-0.2, 0) is 6.42 Å². The van der Waals surface area contributed by atoms with Gasteiger partial charge in [-0.15, -0.1) is 0 Å². The second kappa shape index (κ2) is 8.52. The van der Waals surface area contributed by atoms with Crippen LogP contribution in [0.25, 0.3) is 11.8 Å². The van der Waals surface area contributed by atoms with E-state index in [-0.39, 0.29) is 27.4 Å². The van der Waals surface area contributed by atoms with Gasteiger partial charge in [-0.05, 0) is 60.2 Å². The predicted molar refractivity (Wildman–Crippen MR) is 142 cm³/mol. The molecule has 174 valence electrons. The Kier molecular flexibility index (Phi) is 5.44. The SMILES string of the molecule is Cc1ccc(C2C3=C(N=c4sc(=Cc5cc(Cl)c(O)c(Cl)c5)c(=O)n42)c2ccccc2CC3)cc1. The molecule has 1 atom stereocenters. The molecule has 6 rings (SSSR count). The Labute approximate surface area is 215 Å². The van der Waals surface area contributed by atoms with Gasteiger partial charge in [0.2, 0.25) is 0 Å². The molecule has 4 aromatic rings. The number of phenols is 1. The summed E-state index contributed by atoms with van der Waals surface area (Å²) in [5.41, 5.74) is 7.34. The highest BCUT2D eigenvalue weighted by Gasteiger charge is 2.32. The fraction of sp³-hybridized carbons (Fsp3) is 0.143. The Hall–Kier alpha value is -3.12. The van der Waals surface area contributed by atoms with E-state index in [0.29, 0.717) is 14.9 Å². The van der Waals surface area contributed by atoms with Gasteiger partial charge in [0.25, 0.3) is 5.56 Å². The van der Waals surface area contributed by atoms with Crippen molar-refractivity contribution in [1.29, 1.82) is 0 Å². The van der Waals surface area contributed by atoms with Crippen molar-refractivity contribution in [2.75, 3.05) is 0 Å². The topological polar surface area (TPSA) is 54.6 Å². The number of fused-ring (bicyclic) bond motifs is 3. The largest absolute Gasteiger partial charge is 0.505 e. The molecule has 0 saturated heterocycles. The standard InChI is InChI=1S/C28H20Cl2N2O2S/c1-15-6-8-18(9-7-15)25-20-11-10-17-4-2-3-5-19(17)24(20)31-28-32(25)27(34)23(35-28)14-16-12-21(29)26(33)22(30)13-16/h2-9,12-14,25,33H,10-11H2,1H3. The summed E-state index contributed by atoms with van der Waals surface area (Å²) in [6.07, 6.45) is 3.52. The Morgan fingerprint density at radius 2 is 1.77 bits per heavy atom. The smallest absolute Gasteiger partial charge is 0.271 e. The molecule has 0 spiro atoms. The molecule has 1 aromatic heterocycles. The van der Waals surface area contributed by atoms with E-state index in [9.17, 15) is 9.90 Å². The van der Waals surface area contributed by atoms with E-state index in [0.717, 1.165) is 29.7 Å². The zero-order valence-electron chi connectivity index (χ0n) is 18.8. The average molecular weight is 519 g/mol. The fourth-order valence-corrected chi connectivity index (χ4v) is 6.40. The lowest BCUT2D eigenvalue weighted by Crippen LogP contribution is -2.38. The van der Waals surface area contributed by atoms with Gasteiger partial charge in [-0.1, -0.05) is 88.6 Å².